The van der Waals surface area contributed by atoms with Gasteiger partial charge in [-0.2, -0.15) is 0 Å². The van der Waals surface area contributed by atoms with Gasteiger partial charge in [-0.1, -0.05) is 18.6 Å². The van der Waals surface area contributed by atoms with Crippen molar-refractivity contribution in [3.8, 4) is 0 Å². The van der Waals surface area contributed by atoms with Gasteiger partial charge in [-0.15, -0.1) is 11.6 Å². The molecule has 58 valence electrons. The summed E-state index contributed by atoms with van der Waals surface area (Å²) < 4.78 is 0. The quantitative estimate of drug-likeness (QED) is 0.437. The fraction of sp³-hybridized carbons (Fsp3) is 0.778. The van der Waals surface area contributed by atoms with Crippen molar-refractivity contribution >= 4 is 11.6 Å². The minimum absolute atomic E-state index is 0.672. The molecule has 0 aromatic heterocycles. The minimum Gasteiger partial charge on any atom is -0.126 e. The van der Waals surface area contributed by atoms with Crippen molar-refractivity contribution in [1.82, 2.24) is 0 Å². The number of hydrogen-bond acceptors (Lipinski definition) is 0. The van der Waals surface area contributed by atoms with E-state index in [-0.39, 0.29) is 0 Å². The Morgan fingerprint density at radius 1 is 1.70 bits per heavy atom. The first-order valence-electron chi connectivity index (χ1n) is 4.07. The minimum atomic E-state index is 0.672. The topological polar surface area (TPSA) is 0 Å². The number of alkyl halides is 1. The molecular formula is C9H15Cl. The summed E-state index contributed by atoms with van der Waals surface area (Å²) in [5.74, 6) is 1.48. The predicted molar refractivity (Wildman–Crippen MR) is 46.4 cm³/mol. The maximum atomic E-state index is 5.70. The molecule has 1 atom stereocenters. The molecule has 1 heteroatoms. The highest BCUT2D eigenvalue weighted by Crippen LogP contribution is 2.24. The molecule has 1 aliphatic carbocycles. The predicted octanol–water partition coefficient (Wildman–Crippen LogP) is 3.36. The highest BCUT2D eigenvalue weighted by molar-refractivity contribution is 6.18. The van der Waals surface area contributed by atoms with Gasteiger partial charge in [0.15, 0.2) is 0 Å². The molecule has 0 aromatic rings. The Balaban J connectivity index is 2.23. The van der Waals surface area contributed by atoms with Gasteiger partial charge in [-0.25, -0.2) is 0 Å². The first-order chi connectivity index (χ1) is 4.83. The van der Waals surface area contributed by atoms with Crippen LogP contribution in [-0.2, 0) is 0 Å². The van der Waals surface area contributed by atoms with Crippen LogP contribution < -0.4 is 0 Å². The lowest BCUT2D eigenvalue weighted by atomic mass is 10.0. The smallest absolute Gasteiger partial charge is 0.0252 e. The van der Waals surface area contributed by atoms with Crippen LogP contribution in [0.2, 0.25) is 0 Å². The van der Waals surface area contributed by atoms with Gasteiger partial charge < -0.3 is 0 Å². The van der Waals surface area contributed by atoms with E-state index in [2.05, 4.69) is 13.0 Å². The zero-order valence-electron chi connectivity index (χ0n) is 6.57. The third-order valence-electron chi connectivity index (χ3n) is 2.01. The Morgan fingerprint density at radius 2 is 2.50 bits per heavy atom. The van der Waals surface area contributed by atoms with E-state index in [0.29, 0.717) is 5.92 Å². The van der Waals surface area contributed by atoms with Crippen LogP contribution in [0.25, 0.3) is 0 Å². The summed E-state index contributed by atoms with van der Waals surface area (Å²) >= 11 is 5.70. The monoisotopic (exact) mass is 158 g/mol. The van der Waals surface area contributed by atoms with Gasteiger partial charge in [0.25, 0.3) is 0 Å². The molecule has 10 heavy (non-hydrogen) atoms. The van der Waals surface area contributed by atoms with Crippen LogP contribution in [0.15, 0.2) is 11.6 Å². The first kappa shape index (κ1) is 8.13. The van der Waals surface area contributed by atoms with E-state index in [4.69, 9.17) is 11.6 Å². The average molecular weight is 159 g/mol. The molecule has 0 heterocycles. The fourth-order valence-corrected chi connectivity index (χ4v) is 1.53. The van der Waals surface area contributed by atoms with Crippen LogP contribution in [-0.4, -0.2) is 5.88 Å². The summed E-state index contributed by atoms with van der Waals surface area (Å²) in [6.07, 6.45) is 7.59. The van der Waals surface area contributed by atoms with Crippen molar-refractivity contribution in [2.75, 3.05) is 5.88 Å². The Morgan fingerprint density at radius 3 is 3.00 bits per heavy atom. The molecule has 0 nitrogen and oxygen atoms in total. The van der Waals surface area contributed by atoms with Crippen molar-refractivity contribution in [2.45, 2.75) is 32.6 Å². The van der Waals surface area contributed by atoms with Gasteiger partial charge in [0, 0.05) is 5.88 Å². The summed E-state index contributed by atoms with van der Waals surface area (Å²) in [4.78, 5) is 0. The van der Waals surface area contributed by atoms with Crippen molar-refractivity contribution < 1.29 is 0 Å². The molecule has 0 N–H and O–H groups in total. The highest BCUT2D eigenvalue weighted by atomic mass is 35.5. The summed E-state index contributed by atoms with van der Waals surface area (Å²) in [5, 5.41) is 0. The summed E-state index contributed by atoms with van der Waals surface area (Å²) in [5.41, 5.74) is 1.63. The third-order valence-corrected chi connectivity index (χ3v) is 2.54. The van der Waals surface area contributed by atoms with E-state index in [0.717, 1.165) is 5.88 Å². The number of allylic oxidation sites excluding steroid dienone is 2. The molecule has 0 bridgehead atoms. The summed E-state index contributed by atoms with van der Waals surface area (Å²) in [6.45, 7) is 2.21. The number of hydrogen-bond donors (Lipinski definition) is 0. The molecule has 1 rings (SSSR count). The molecule has 0 amide bonds. The maximum Gasteiger partial charge on any atom is 0.0252 e. The van der Waals surface area contributed by atoms with E-state index in [9.17, 15) is 0 Å². The van der Waals surface area contributed by atoms with E-state index in [1.54, 1.807) is 5.57 Å². The van der Waals surface area contributed by atoms with Gasteiger partial charge >= 0.3 is 0 Å². The SMILES string of the molecule is CC(CCl)CC1=CCCC1. The standard InChI is InChI=1S/C9H15Cl/c1-8(7-10)6-9-4-2-3-5-9/h4,8H,2-3,5-7H2,1H3. The maximum absolute atomic E-state index is 5.70. The summed E-state index contributed by atoms with van der Waals surface area (Å²) in [6, 6.07) is 0. The van der Waals surface area contributed by atoms with Crippen LogP contribution >= 0.6 is 11.6 Å². The Kier molecular flexibility index (Phi) is 3.27. The van der Waals surface area contributed by atoms with Crippen molar-refractivity contribution in [1.29, 1.82) is 0 Å². The fourth-order valence-electron chi connectivity index (χ4n) is 1.42. The van der Waals surface area contributed by atoms with Gasteiger partial charge in [0.05, 0.1) is 0 Å². The van der Waals surface area contributed by atoms with Crippen molar-refractivity contribution in [3.05, 3.63) is 11.6 Å². The second-order valence-corrected chi connectivity index (χ2v) is 3.53. The Labute approximate surface area is 68.3 Å². The van der Waals surface area contributed by atoms with E-state index in [1.807, 2.05) is 0 Å². The van der Waals surface area contributed by atoms with Gasteiger partial charge in [-0.05, 0) is 31.6 Å². The molecule has 0 aromatic carbocycles. The van der Waals surface area contributed by atoms with Gasteiger partial charge in [0.2, 0.25) is 0 Å². The summed E-state index contributed by atoms with van der Waals surface area (Å²) in [7, 11) is 0. The second-order valence-electron chi connectivity index (χ2n) is 3.22. The second kappa shape index (κ2) is 4.02. The van der Waals surface area contributed by atoms with Crippen LogP contribution in [0.1, 0.15) is 32.6 Å². The molecule has 0 fully saturated rings. The van der Waals surface area contributed by atoms with Crippen molar-refractivity contribution in [3.63, 3.8) is 0 Å². The molecular weight excluding hydrogens is 144 g/mol. The lowest BCUT2D eigenvalue weighted by Gasteiger charge is -2.06. The largest absolute Gasteiger partial charge is 0.126 e. The molecule has 0 aliphatic heterocycles. The van der Waals surface area contributed by atoms with Gasteiger partial charge in [-0.3, -0.25) is 0 Å². The molecule has 1 unspecified atom stereocenters. The first-order valence-corrected chi connectivity index (χ1v) is 4.60. The van der Waals surface area contributed by atoms with E-state index >= 15 is 0 Å². The normalized spacial score (nSPS) is 20.8. The van der Waals surface area contributed by atoms with Crippen LogP contribution in [0.3, 0.4) is 0 Å². The molecule has 0 radical (unpaired) electrons. The van der Waals surface area contributed by atoms with Crippen molar-refractivity contribution in [2.24, 2.45) is 5.92 Å². The molecule has 0 saturated carbocycles. The average Bonchev–Trinajstić information content (AvgIpc) is 2.40. The highest BCUT2D eigenvalue weighted by Gasteiger charge is 2.07. The zero-order valence-corrected chi connectivity index (χ0v) is 7.32. The zero-order chi connectivity index (χ0) is 7.40. The molecule has 1 aliphatic rings. The third kappa shape index (κ3) is 2.34. The van der Waals surface area contributed by atoms with Gasteiger partial charge in [0.1, 0.15) is 0 Å². The molecule has 0 saturated heterocycles. The van der Waals surface area contributed by atoms with Crippen LogP contribution in [0.5, 0.6) is 0 Å². The lowest BCUT2D eigenvalue weighted by molar-refractivity contribution is 0.637. The van der Waals surface area contributed by atoms with Crippen LogP contribution in [0.4, 0.5) is 0 Å². The Bertz CT molecular complexity index is 127. The number of halogens is 1. The molecule has 0 spiro atoms. The number of rotatable bonds is 3. The van der Waals surface area contributed by atoms with E-state index in [1.165, 1.54) is 25.7 Å². The van der Waals surface area contributed by atoms with E-state index < -0.39 is 0 Å². The lowest BCUT2D eigenvalue weighted by Crippen LogP contribution is -1.96. The van der Waals surface area contributed by atoms with Crippen LogP contribution in [0, 0.1) is 5.92 Å². The Hall–Kier alpha value is 0.0300.